The molecule has 1 aliphatic heterocycles. The maximum absolute atomic E-state index is 12.8. The topological polar surface area (TPSA) is 67.9 Å². The van der Waals surface area contributed by atoms with Crippen molar-refractivity contribution in [1.82, 2.24) is 10.2 Å². The van der Waals surface area contributed by atoms with E-state index in [1.54, 1.807) is 14.2 Å². The lowest BCUT2D eigenvalue weighted by Crippen LogP contribution is -2.39. The van der Waals surface area contributed by atoms with Gasteiger partial charge in [-0.2, -0.15) is 0 Å². The molecule has 0 bridgehead atoms. The van der Waals surface area contributed by atoms with E-state index in [-0.39, 0.29) is 24.4 Å². The smallest absolute Gasteiger partial charge is 0.261 e. The van der Waals surface area contributed by atoms with Crippen molar-refractivity contribution in [2.45, 2.75) is 39.2 Å². The van der Waals surface area contributed by atoms with E-state index in [9.17, 15) is 9.59 Å². The Morgan fingerprint density at radius 1 is 1.21 bits per heavy atom. The summed E-state index contributed by atoms with van der Waals surface area (Å²) in [7, 11) is 3.20. The lowest BCUT2D eigenvalue weighted by atomic mass is 10.0. The molecule has 29 heavy (non-hydrogen) atoms. The molecule has 7 heteroatoms. The average Bonchev–Trinajstić information content (AvgIpc) is 3.37. The third-order valence-electron chi connectivity index (χ3n) is 5.33. The van der Waals surface area contributed by atoms with E-state index in [2.05, 4.69) is 12.2 Å². The Morgan fingerprint density at radius 2 is 1.97 bits per heavy atom. The van der Waals surface area contributed by atoms with Crippen LogP contribution in [0, 0.1) is 6.92 Å². The summed E-state index contributed by atoms with van der Waals surface area (Å²) in [6.07, 6.45) is 2.73. The van der Waals surface area contributed by atoms with Gasteiger partial charge in [-0.25, -0.2) is 0 Å². The minimum atomic E-state index is -0.187. The number of carbonyl (C=O) groups excluding carboxylic acids is 2. The summed E-state index contributed by atoms with van der Waals surface area (Å²) in [5.41, 5.74) is 2.14. The molecule has 2 amide bonds. The third kappa shape index (κ3) is 4.56. The molecular weight excluding hydrogens is 388 g/mol. The Balaban J connectivity index is 1.66. The molecule has 2 heterocycles. The van der Waals surface area contributed by atoms with Crippen LogP contribution >= 0.6 is 11.3 Å². The number of amides is 2. The molecule has 1 atom stereocenters. The summed E-state index contributed by atoms with van der Waals surface area (Å²) in [4.78, 5) is 29.0. The monoisotopic (exact) mass is 416 g/mol. The second kappa shape index (κ2) is 9.31. The normalized spacial score (nSPS) is 16.0. The Hall–Kier alpha value is -2.54. The van der Waals surface area contributed by atoms with Gasteiger partial charge >= 0.3 is 0 Å². The number of ether oxygens (including phenoxy) is 2. The molecule has 1 saturated heterocycles. The van der Waals surface area contributed by atoms with Gasteiger partial charge in [0.1, 0.15) is 0 Å². The lowest BCUT2D eigenvalue weighted by molar-refractivity contribution is -0.131. The quantitative estimate of drug-likeness (QED) is 0.747. The van der Waals surface area contributed by atoms with E-state index in [1.807, 2.05) is 36.1 Å². The van der Waals surface area contributed by atoms with Crippen molar-refractivity contribution in [3.63, 3.8) is 0 Å². The van der Waals surface area contributed by atoms with E-state index in [0.717, 1.165) is 30.4 Å². The standard InChI is InChI=1S/C22H28N2O4S/c1-5-19-14(2)11-20(29-19)22(26)23-13-21(25)24-10-6-7-16(24)15-8-9-17(27-3)18(12-15)28-4/h8-9,11-12,16H,5-7,10,13H2,1-4H3,(H,23,26)/t16-/m0/s1. The number of benzene rings is 1. The molecule has 6 nitrogen and oxygen atoms in total. The fourth-order valence-electron chi connectivity index (χ4n) is 3.80. The molecule has 0 spiro atoms. The number of rotatable bonds is 7. The number of hydrogen-bond acceptors (Lipinski definition) is 5. The molecule has 3 rings (SSSR count). The number of carbonyl (C=O) groups is 2. The second-order valence-electron chi connectivity index (χ2n) is 7.11. The van der Waals surface area contributed by atoms with Gasteiger partial charge in [-0.05, 0) is 55.5 Å². The van der Waals surface area contributed by atoms with Crippen LogP contribution in [0.4, 0.5) is 0 Å². The van der Waals surface area contributed by atoms with Gasteiger partial charge < -0.3 is 19.7 Å². The Bertz CT molecular complexity index is 893. The van der Waals surface area contributed by atoms with Gasteiger partial charge in [-0.15, -0.1) is 11.3 Å². The summed E-state index contributed by atoms with van der Waals surface area (Å²) >= 11 is 1.49. The van der Waals surface area contributed by atoms with E-state index >= 15 is 0 Å². The van der Waals surface area contributed by atoms with E-state index in [4.69, 9.17) is 9.47 Å². The highest BCUT2D eigenvalue weighted by molar-refractivity contribution is 7.14. The van der Waals surface area contributed by atoms with E-state index < -0.39 is 0 Å². The van der Waals surface area contributed by atoms with Gasteiger partial charge in [-0.1, -0.05) is 13.0 Å². The molecule has 2 aromatic rings. The zero-order valence-corrected chi connectivity index (χ0v) is 18.2. The van der Waals surface area contributed by atoms with Crippen LogP contribution in [-0.4, -0.2) is 44.0 Å². The van der Waals surface area contributed by atoms with Crippen LogP contribution in [0.2, 0.25) is 0 Å². The zero-order valence-electron chi connectivity index (χ0n) is 17.4. The van der Waals surface area contributed by atoms with Crippen molar-refractivity contribution >= 4 is 23.2 Å². The van der Waals surface area contributed by atoms with Crippen LogP contribution in [0.1, 0.15) is 51.5 Å². The Morgan fingerprint density at radius 3 is 2.62 bits per heavy atom. The summed E-state index contributed by atoms with van der Waals surface area (Å²) in [5, 5.41) is 2.79. The van der Waals surface area contributed by atoms with Crippen molar-refractivity contribution in [1.29, 1.82) is 0 Å². The number of thiophene rings is 1. The molecule has 1 aromatic heterocycles. The van der Waals surface area contributed by atoms with Crippen molar-refractivity contribution in [2.24, 2.45) is 0 Å². The molecule has 0 radical (unpaired) electrons. The SMILES string of the molecule is CCc1sc(C(=O)NCC(=O)N2CCC[C@H]2c2ccc(OC)c(OC)c2)cc1C. The minimum Gasteiger partial charge on any atom is -0.493 e. The number of nitrogens with one attached hydrogen (secondary N) is 1. The summed E-state index contributed by atoms with van der Waals surface area (Å²) < 4.78 is 10.7. The van der Waals surface area contributed by atoms with Crippen molar-refractivity contribution in [3.05, 3.63) is 45.1 Å². The lowest BCUT2D eigenvalue weighted by Gasteiger charge is -2.26. The van der Waals surface area contributed by atoms with Crippen LogP contribution < -0.4 is 14.8 Å². The summed E-state index contributed by atoms with van der Waals surface area (Å²) in [6, 6.07) is 7.63. The van der Waals surface area contributed by atoms with Crippen LogP contribution in [-0.2, 0) is 11.2 Å². The molecule has 1 N–H and O–H groups in total. The molecule has 1 fully saturated rings. The predicted molar refractivity (Wildman–Crippen MR) is 114 cm³/mol. The largest absolute Gasteiger partial charge is 0.493 e. The minimum absolute atomic E-state index is 0.00102. The van der Waals surface area contributed by atoms with Crippen molar-refractivity contribution < 1.29 is 19.1 Å². The second-order valence-corrected chi connectivity index (χ2v) is 8.25. The molecule has 0 saturated carbocycles. The van der Waals surface area contributed by atoms with Gasteiger partial charge in [0.2, 0.25) is 5.91 Å². The zero-order chi connectivity index (χ0) is 21.0. The molecule has 156 valence electrons. The first kappa shape index (κ1) is 21.2. The summed E-state index contributed by atoms with van der Waals surface area (Å²) in [5.74, 6) is 1.06. The van der Waals surface area contributed by atoms with Gasteiger partial charge in [0.15, 0.2) is 11.5 Å². The number of aryl methyl sites for hydroxylation is 2. The maximum atomic E-state index is 12.8. The Kier molecular flexibility index (Phi) is 6.79. The van der Waals surface area contributed by atoms with Crippen LogP contribution in [0.15, 0.2) is 24.3 Å². The molecule has 0 aliphatic carbocycles. The number of hydrogen-bond donors (Lipinski definition) is 1. The highest BCUT2D eigenvalue weighted by Gasteiger charge is 2.30. The molecule has 1 aromatic carbocycles. The Labute approximate surface area is 175 Å². The first-order valence-corrected chi connectivity index (χ1v) is 10.7. The third-order valence-corrected chi connectivity index (χ3v) is 6.71. The fraction of sp³-hybridized carbons (Fsp3) is 0.455. The number of likely N-dealkylation sites (tertiary alicyclic amines) is 1. The molecule has 1 aliphatic rings. The van der Waals surface area contributed by atoms with Gasteiger partial charge in [0, 0.05) is 11.4 Å². The predicted octanol–water partition coefficient (Wildman–Crippen LogP) is 3.73. The van der Waals surface area contributed by atoms with E-state index in [1.165, 1.54) is 16.2 Å². The van der Waals surface area contributed by atoms with Gasteiger partial charge in [-0.3, -0.25) is 9.59 Å². The number of methoxy groups -OCH3 is 2. The van der Waals surface area contributed by atoms with Gasteiger partial charge in [0.25, 0.3) is 5.91 Å². The first-order chi connectivity index (χ1) is 14.0. The first-order valence-electron chi connectivity index (χ1n) is 9.87. The van der Waals surface area contributed by atoms with Crippen LogP contribution in [0.3, 0.4) is 0 Å². The average molecular weight is 417 g/mol. The van der Waals surface area contributed by atoms with E-state index in [0.29, 0.717) is 22.9 Å². The van der Waals surface area contributed by atoms with Crippen LogP contribution in [0.5, 0.6) is 11.5 Å². The number of nitrogens with zero attached hydrogens (tertiary/aromatic N) is 1. The summed E-state index contributed by atoms with van der Waals surface area (Å²) in [6.45, 7) is 4.77. The van der Waals surface area contributed by atoms with Crippen LogP contribution in [0.25, 0.3) is 0 Å². The highest BCUT2D eigenvalue weighted by atomic mass is 32.1. The van der Waals surface area contributed by atoms with Gasteiger partial charge in [0.05, 0.1) is 31.7 Å². The molecule has 0 unspecified atom stereocenters. The fourth-order valence-corrected chi connectivity index (χ4v) is 4.83. The maximum Gasteiger partial charge on any atom is 0.261 e. The van der Waals surface area contributed by atoms with Crippen molar-refractivity contribution in [3.8, 4) is 11.5 Å². The highest BCUT2D eigenvalue weighted by Crippen LogP contribution is 2.36. The molecular formula is C22H28N2O4S. The van der Waals surface area contributed by atoms with Crippen molar-refractivity contribution in [2.75, 3.05) is 27.3 Å².